The van der Waals surface area contributed by atoms with Gasteiger partial charge in [-0.15, -0.1) is 0 Å². The van der Waals surface area contributed by atoms with Crippen LogP contribution >= 0.6 is 11.8 Å². The fourth-order valence-corrected chi connectivity index (χ4v) is 5.88. The van der Waals surface area contributed by atoms with E-state index in [1.165, 1.54) is 16.1 Å². The number of rotatable bonds is 6. The number of fused-ring (bicyclic) bond motifs is 1. The average Bonchev–Trinajstić information content (AvgIpc) is 3.38. The molecule has 9 heteroatoms. The topological polar surface area (TPSA) is 84.3 Å². The molecule has 2 aromatic carbocycles. The Morgan fingerprint density at radius 1 is 1.10 bits per heavy atom. The minimum atomic E-state index is -3.45. The molecule has 0 aliphatic carbocycles. The van der Waals surface area contributed by atoms with Crippen LogP contribution in [0.2, 0.25) is 0 Å². The maximum absolute atomic E-state index is 12.6. The quantitative estimate of drug-likeness (QED) is 0.589. The van der Waals surface area contributed by atoms with Crippen LogP contribution in [-0.4, -0.2) is 46.5 Å². The van der Waals surface area contributed by atoms with Gasteiger partial charge in [0.25, 0.3) is 0 Å². The van der Waals surface area contributed by atoms with Crippen LogP contribution in [0.1, 0.15) is 19.8 Å². The van der Waals surface area contributed by atoms with Gasteiger partial charge in [0.1, 0.15) is 0 Å². The number of imidazole rings is 1. The predicted octanol–water partition coefficient (Wildman–Crippen LogP) is 3.48. The van der Waals surface area contributed by atoms with E-state index in [2.05, 4.69) is 10.3 Å². The van der Waals surface area contributed by atoms with Crippen molar-refractivity contribution in [3.05, 3.63) is 48.5 Å². The molecule has 2 heterocycles. The minimum absolute atomic E-state index is 0.165. The van der Waals surface area contributed by atoms with E-state index >= 15 is 0 Å². The molecule has 7 nitrogen and oxygen atoms in total. The van der Waals surface area contributed by atoms with E-state index in [9.17, 15) is 13.2 Å². The summed E-state index contributed by atoms with van der Waals surface area (Å²) >= 11 is 1.38. The third kappa shape index (κ3) is 4.10. The third-order valence-electron chi connectivity index (χ3n) is 5.22. The van der Waals surface area contributed by atoms with Gasteiger partial charge in [0.05, 0.1) is 21.2 Å². The highest BCUT2D eigenvalue weighted by molar-refractivity contribution is 8.00. The van der Waals surface area contributed by atoms with E-state index < -0.39 is 10.0 Å². The van der Waals surface area contributed by atoms with E-state index in [1.807, 2.05) is 42.8 Å². The molecule has 1 aliphatic heterocycles. The maximum atomic E-state index is 12.6. The standard InChI is InChI=1S/C21H24N4O3S2/c1-15(29-21-23-18-7-3-4-8-19(18)24(21)2)20(26)22-16-9-11-17(12-10-16)30(27,28)25-13-5-6-14-25/h3-4,7-12,15H,5-6,13-14H2,1-2H3,(H,22,26)/t15-/m0/s1. The zero-order valence-electron chi connectivity index (χ0n) is 16.9. The second-order valence-corrected chi connectivity index (χ2v) is 10.6. The normalized spacial score (nSPS) is 16.1. The van der Waals surface area contributed by atoms with Crippen molar-refractivity contribution in [2.75, 3.05) is 18.4 Å². The molecule has 30 heavy (non-hydrogen) atoms. The summed E-state index contributed by atoms with van der Waals surface area (Å²) in [4.78, 5) is 17.5. The molecular formula is C21H24N4O3S2. The van der Waals surface area contributed by atoms with Crippen molar-refractivity contribution in [1.29, 1.82) is 0 Å². The predicted molar refractivity (Wildman–Crippen MR) is 119 cm³/mol. The first-order chi connectivity index (χ1) is 14.4. The number of para-hydroxylation sites is 2. The number of hydrogen-bond acceptors (Lipinski definition) is 5. The van der Waals surface area contributed by atoms with Crippen LogP contribution in [0.4, 0.5) is 5.69 Å². The number of aromatic nitrogens is 2. The highest BCUT2D eigenvalue weighted by atomic mass is 32.2. The van der Waals surface area contributed by atoms with Crippen LogP contribution in [0.3, 0.4) is 0 Å². The SMILES string of the molecule is C[C@H](Sc1nc2ccccc2n1C)C(=O)Nc1ccc(S(=O)(=O)N2CCCC2)cc1. The lowest BCUT2D eigenvalue weighted by Gasteiger charge is -2.16. The van der Waals surface area contributed by atoms with Gasteiger partial charge in [0.2, 0.25) is 15.9 Å². The first kappa shape index (κ1) is 20.9. The highest BCUT2D eigenvalue weighted by Gasteiger charge is 2.27. The summed E-state index contributed by atoms with van der Waals surface area (Å²) in [5.74, 6) is -0.165. The Kier molecular flexibility index (Phi) is 5.86. The maximum Gasteiger partial charge on any atom is 0.243 e. The van der Waals surface area contributed by atoms with Crippen molar-refractivity contribution in [3.63, 3.8) is 0 Å². The molecule has 0 spiro atoms. The summed E-state index contributed by atoms with van der Waals surface area (Å²) in [5, 5.41) is 3.26. The van der Waals surface area contributed by atoms with Crippen molar-refractivity contribution in [3.8, 4) is 0 Å². The number of carbonyl (C=O) groups excluding carboxylic acids is 1. The number of benzene rings is 2. The molecule has 0 saturated carbocycles. The molecule has 1 atom stereocenters. The van der Waals surface area contributed by atoms with Crippen LogP contribution < -0.4 is 5.32 Å². The molecule has 0 bridgehead atoms. The second-order valence-electron chi connectivity index (χ2n) is 7.33. The van der Waals surface area contributed by atoms with E-state index in [0.29, 0.717) is 18.8 Å². The van der Waals surface area contributed by atoms with E-state index in [0.717, 1.165) is 29.0 Å². The van der Waals surface area contributed by atoms with Gasteiger partial charge in [-0.2, -0.15) is 4.31 Å². The third-order valence-corrected chi connectivity index (χ3v) is 8.28. The molecule has 4 rings (SSSR count). The fourth-order valence-electron chi connectivity index (χ4n) is 3.47. The Morgan fingerprint density at radius 2 is 1.77 bits per heavy atom. The second kappa shape index (κ2) is 8.41. The number of aryl methyl sites for hydroxylation is 1. The van der Waals surface area contributed by atoms with Gasteiger partial charge in [0.15, 0.2) is 5.16 Å². The molecule has 1 fully saturated rings. The van der Waals surface area contributed by atoms with E-state index in [-0.39, 0.29) is 16.1 Å². The molecule has 1 N–H and O–H groups in total. The summed E-state index contributed by atoms with van der Waals surface area (Å²) in [6.07, 6.45) is 1.79. The number of hydrogen-bond donors (Lipinski definition) is 1. The molecule has 0 radical (unpaired) electrons. The minimum Gasteiger partial charge on any atom is -0.325 e. The molecule has 1 saturated heterocycles. The lowest BCUT2D eigenvalue weighted by molar-refractivity contribution is -0.115. The Hall–Kier alpha value is -2.36. The Bertz CT molecular complexity index is 1170. The van der Waals surface area contributed by atoms with Crippen LogP contribution in [-0.2, 0) is 21.9 Å². The van der Waals surface area contributed by atoms with Gasteiger partial charge in [0, 0.05) is 25.8 Å². The Morgan fingerprint density at radius 3 is 2.43 bits per heavy atom. The number of nitrogens with zero attached hydrogens (tertiary/aromatic N) is 3. The summed E-state index contributed by atoms with van der Waals surface area (Å²) in [6, 6.07) is 14.2. The average molecular weight is 445 g/mol. The van der Waals surface area contributed by atoms with Crippen LogP contribution in [0.15, 0.2) is 58.6 Å². The van der Waals surface area contributed by atoms with Gasteiger partial charge < -0.3 is 9.88 Å². The number of amides is 1. The zero-order chi connectivity index (χ0) is 21.3. The molecule has 1 amide bonds. The van der Waals surface area contributed by atoms with Gasteiger partial charge in [-0.3, -0.25) is 4.79 Å². The van der Waals surface area contributed by atoms with Gasteiger partial charge in [-0.05, 0) is 56.2 Å². The first-order valence-electron chi connectivity index (χ1n) is 9.85. The van der Waals surface area contributed by atoms with Crippen molar-refractivity contribution < 1.29 is 13.2 Å². The summed E-state index contributed by atoms with van der Waals surface area (Å²) in [5.41, 5.74) is 2.48. The van der Waals surface area contributed by atoms with E-state index in [4.69, 9.17) is 0 Å². The van der Waals surface area contributed by atoms with Crippen LogP contribution in [0.25, 0.3) is 11.0 Å². The molecule has 1 aliphatic rings. The Labute approximate surface area is 180 Å². The van der Waals surface area contributed by atoms with Gasteiger partial charge in [-0.25, -0.2) is 13.4 Å². The number of anilines is 1. The Balaban J connectivity index is 1.42. The van der Waals surface area contributed by atoms with Crippen LogP contribution in [0.5, 0.6) is 0 Å². The van der Waals surface area contributed by atoms with Crippen molar-refractivity contribution >= 4 is 44.4 Å². The summed E-state index contributed by atoms with van der Waals surface area (Å²) in [7, 11) is -1.52. The molecule has 1 aromatic heterocycles. The van der Waals surface area contributed by atoms with Crippen molar-refractivity contribution in [2.24, 2.45) is 7.05 Å². The van der Waals surface area contributed by atoms with Gasteiger partial charge >= 0.3 is 0 Å². The monoisotopic (exact) mass is 444 g/mol. The lowest BCUT2D eigenvalue weighted by atomic mass is 10.3. The highest BCUT2D eigenvalue weighted by Crippen LogP contribution is 2.27. The molecular weight excluding hydrogens is 420 g/mol. The number of thioether (sulfide) groups is 1. The number of nitrogens with one attached hydrogen (secondary N) is 1. The zero-order valence-corrected chi connectivity index (χ0v) is 18.5. The number of sulfonamides is 1. The van der Waals surface area contributed by atoms with Crippen molar-refractivity contribution in [2.45, 2.75) is 35.1 Å². The lowest BCUT2D eigenvalue weighted by Crippen LogP contribution is -2.27. The van der Waals surface area contributed by atoms with E-state index in [1.54, 1.807) is 24.3 Å². The molecule has 3 aromatic rings. The van der Waals surface area contributed by atoms with Crippen LogP contribution in [0, 0.1) is 0 Å². The molecule has 158 valence electrons. The summed E-state index contributed by atoms with van der Waals surface area (Å²) < 4.78 is 28.7. The fraction of sp³-hybridized carbons (Fsp3) is 0.333. The molecule has 0 unspecified atom stereocenters. The van der Waals surface area contributed by atoms with Crippen molar-refractivity contribution in [1.82, 2.24) is 13.9 Å². The smallest absolute Gasteiger partial charge is 0.243 e. The first-order valence-corrected chi connectivity index (χ1v) is 12.2. The number of carbonyl (C=O) groups is 1. The largest absolute Gasteiger partial charge is 0.325 e. The van der Waals surface area contributed by atoms with Gasteiger partial charge in [-0.1, -0.05) is 23.9 Å². The summed E-state index contributed by atoms with van der Waals surface area (Å²) in [6.45, 7) is 2.96.